The zero-order valence-corrected chi connectivity index (χ0v) is 16.2. The number of imide groups is 1. The average molecular weight is 384 g/mol. The second-order valence-electron chi connectivity index (χ2n) is 6.72. The van der Waals surface area contributed by atoms with Crippen LogP contribution in [-0.4, -0.2) is 18.9 Å². The highest BCUT2D eigenvalue weighted by Crippen LogP contribution is 2.35. The van der Waals surface area contributed by atoms with E-state index in [2.05, 4.69) is 5.32 Å². The van der Waals surface area contributed by atoms with Crippen molar-refractivity contribution in [2.75, 3.05) is 17.3 Å². The number of nitrogens with zero attached hydrogens (tertiary/aromatic N) is 1. The Balaban J connectivity index is 1.84. The number of anilines is 2. The number of ether oxygens (including phenoxy) is 1. The van der Waals surface area contributed by atoms with Crippen LogP contribution < -0.4 is 15.0 Å². The number of methoxy groups -OCH3 is 1. The first-order valence-electron chi connectivity index (χ1n) is 9.25. The lowest BCUT2D eigenvalue weighted by Gasteiger charge is -2.15. The normalized spacial score (nSPS) is 13.8. The Morgan fingerprint density at radius 3 is 2.14 bits per heavy atom. The van der Waals surface area contributed by atoms with Crippen molar-refractivity contribution in [3.8, 4) is 5.75 Å². The highest BCUT2D eigenvalue weighted by atomic mass is 16.5. The predicted molar refractivity (Wildman–Crippen MR) is 114 cm³/mol. The van der Waals surface area contributed by atoms with E-state index in [9.17, 15) is 9.59 Å². The smallest absolute Gasteiger partial charge is 0.282 e. The van der Waals surface area contributed by atoms with Crippen LogP contribution in [0.5, 0.6) is 5.75 Å². The van der Waals surface area contributed by atoms with Crippen molar-refractivity contribution in [3.05, 3.63) is 95.7 Å². The molecule has 2 amide bonds. The molecular weight excluding hydrogens is 364 g/mol. The van der Waals surface area contributed by atoms with E-state index in [1.54, 1.807) is 37.4 Å². The van der Waals surface area contributed by atoms with Crippen LogP contribution in [0.4, 0.5) is 11.4 Å². The van der Waals surface area contributed by atoms with Crippen LogP contribution in [0, 0.1) is 6.92 Å². The molecule has 0 spiro atoms. The maximum atomic E-state index is 13.3. The van der Waals surface area contributed by atoms with Gasteiger partial charge in [0.1, 0.15) is 11.4 Å². The molecule has 29 heavy (non-hydrogen) atoms. The molecule has 0 saturated carbocycles. The van der Waals surface area contributed by atoms with Gasteiger partial charge in [0, 0.05) is 0 Å². The molecule has 3 aromatic carbocycles. The topological polar surface area (TPSA) is 58.6 Å². The summed E-state index contributed by atoms with van der Waals surface area (Å²) in [6, 6.07) is 23.8. The first-order chi connectivity index (χ1) is 14.1. The molecule has 0 radical (unpaired) electrons. The molecule has 1 N–H and O–H groups in total. The number of aryl methyl sites for hydroxylation is 1. The molecule has 0 aliphatic carbocycles. The fourth-order valence-electron chi connectivity index (χ4n) is 3.33. The van der Waals surface area contributed by atoms with Gasteiger partial charge in [0.05, 0.1) is 24.1 Å². The first kappa shape index (κ1) is 18.5. The number of hydrogen-bond acceptors (Lipinski definition) is 4. The van der Waals surface area contributed by atoms with E-state index in [-0.39, 0.29) is 11.6 Å². The number of benzene rings is 3. The van der Waals surface area contributed by atoms with Crippen LogP contribution in [-0.2, 0) is 9.59 Å². The van der Waals surface area contributed by atoms with Gasteiger partial charge < -0.3 is 10.1 Å². The number of hydrogen-bond donors (Lipinski definition) is 1. The third-order valence-corrected chi connectivity index (χ3v) is 4.81. The van der Waals surface area contributed by atoms with Gasteiger partial charge in [-0.25, -0.2) is 4.90 Å². The minimum absolute atomic E-state index is 0.229. The average Bonchev–Trinajstić information content (AvgIpc) is 2.99. The highest BCUT2D eigenvalue weighted by molar-refractivity contribution is 6.46. The molecular formula is C24H20N2O3. The summed E-state index contributed by atoms with van der Waals surface area (Å²) >= 11 is 0. The fourth-order valence-corrected chi connectivity index (χ4v) is 3.33. The number of amides is 2. The van der Waals surface area contributed by atoms with E-state index in [1.165, 1.54) is 4.90 Å². The van der Waals surface area contributed by atoms with Gasteiger partial charge in [-0.1, -0.05) is 60.2 Å². The summed E-state index contributed by atoms with van der Waals surface area (Å²) in [5, 5.41) is 3.15. The molecule has 0 fully saturated rings. The lowest BCUT2D eigenvalue weighted by Crippen LogP contribution is -2.32. The first-order valence-corrected chi connectivity index (χ1v) is 9.25. The van der Waals surface area contributed by atoms with Gasteiger partial charge in [-0.15, -0.1) is 0 Å². The number of carbonyl (C=O) groups is 2. The lowest BCUT2D eigenvalue weighted by molar-refractivity contribution is -0.120. The van der Waals surface area contributed by atoms with Crippen molar-refractivity contribution in [2.45, 2.75) is 6.92 Å². The highest BCUT2D eigenvalue weighted by Gasteiger charge is 2.40. The summed E-state index contributed by atoms with van der Waals surface area (Å²) in [6.07, 6.45) is 0. The van der Waals surface area contributed by atoms with Crippen LogP contribution >= 0.6 is 0 Å². The minimum atomic E-state index is -0.400. The van der Waals surface area contributed by atoms with Gasteiger partial charge in [-0.3, -0.25) is 9.59 Å². The molecule has 4 rings (SSSR count). The molecule has 1 heterocycles. The molecule has 0 saturated heterocycles. The molecule has 1 aliphatic heterocycles. The Morgan fingerprint density at radius 2 is 1.45 bits per heavy atom. The molecule has 0 bridgehead atoms. The summed E-state index contributed by atoms with van der Waals surface area (Å²) in [4.78, 5) is 27.8. The standard InChI is InChI=1S/C24H20N2O3/c1-16-12-14-17(15-13-16)21-22(25-19-10-6-7-11-20(19)29-2)24(28)26(23(21)27)18-8-4-3-5-9-18/h3-15,25H,1-2H3. The van der Waals surface area contributed by atoms with Gasteiger partial charge in [-0.2, -0.15) is 0 Å². The quantitative estimate of drug-likeness (QED) is 0.663. The van der Waals surface area contributed by atoms with Crippen LogP contribution in [0.1, 0.15) is 11.1 Å². The summed E-state index contributed by atoms with van der Waals surface area (Å²) in [5.41, 5.74) is 3.47. The second-order valence-corrected chi connectivity index (χ2v) is 6.72. The largest absolute Gasteiger partial charge is 0.495 e. The lowest BCUT2D eigenvalue weighted by atomic mass is 10.0. The van der Waals surface area contributed by atoms with Crippen molar-refractivity contribution in [1.82, 2.24) is 0 Å². The molecule has 0 aromatic heterocycles. The van der Waals surface area contributed by atoms with E-state index >= 15 is 0 Å². The van der Waals surface area contributed by atoms with Crippen molar-refractivity contribution < 1.29 is 14.3 Å². The zero-order chi connectivity index (χ0) is 20.4. The Hall–Kier alpha value is -3.86. The van der Waals surface area contributed by atoms with Gasteiger partial charge in [0.15, 0.2) is 0 Å². The third kappa shape index (κ3) is 3.38. The van der Waals surface area contributed by atoms with Gasteiger partial charge in [0.25, 0.3) is 11.8 Å². The van der Waals surface area contributed by atoms with Crippen LogP contribution in [0.25, 0.3) is 5.57 Å². The SMILES string of the molecule is COc1ccccc1NC1=C(c2ccc(C)cc2)C(=O)N(c2ccccc2)C1=O. The van der Waals surface area contributed by atoms with E-state index in [0.717, 1.165) is 5.56 Å². The molecule has 0 atom stereocenters. The molecule has 0 unspecified atom stereocenters. The maximum absolute atomic E-state index is 13.3. The van der Waals surface area contributed by atoms with Crippen molar-refractivity contribution >= 4 is 28.8 Å². The zero-order valence-electron chi connectivity index (χ0n) is 16.2. The molecule has 5 nitrogen and oxygen atoms in total. The summed E-state index contributed by atoms with van der Waals surface area (Å²) in [5.74, 6) is -0.174. The Labute approximate surface area is 169 Å². The van der Waals surface area contributed by atoms with Gasteiger partial charge >= 0.3 is 0 Å². The van der Waals surface area contributed by atoms with Gasteiger partial charge in [-0.05, 0) is 36.8 Å². The van der Waals surface area contributed by atoms with E-state index < -0.39 is 5.91 Å². The van der Waals surface area contributed by atoms with Crippen molar-refractivity contribution in [2.24, 2.45) is 0 Å². The summed E-state index contributed by atoms with van der Waals surface area (Å²) in [6.45, 7) is 1.98. The molecule has 144 valence electrons. The number of carbonyl (C=O) groups excluding carboxylic acids is 2. The minimum Gasteiger partial charge on any atom is -0.495 e. The Kier molecular flexibility index (Phi) is 4.87. The Bertz CT molecular complexity index is 1100. The van der Waals surface area contributed by atoms with Crippen LogP contribution in [0.15, 0.2) is 84.6 Å². The Morgan fingerprint density at radius 1 is 0.793 bits per heavy atom. The number of para-hydroxylation sites is 3. The monoisotopic (exact) mass is 384 g/mol. The van der Waals surface area contributed by atoms with Crippen LogP contribution in [0.2, 0.25) is 0 Å². The summed E-state index contributed by atoms with van der Waals surface area (Å²) < 4.78 is 5.39. The van der Waals surface area contributed by atoms with Crippen molar-refractivity contribution in [3.63, 3.8) is 0 Å². The molecule has 3 aromatic rings. The van der Waals surface area contributed by atoms with E-state index in [4.69, 9.17) is 4.74 Å². The molecule has 1 aliphatic rings. The number of nitrogens with one attached hydrogen (secondary N) is 1. The third-order valence-electron chi connectivity index (χ3n) is 4.81. The van der Waals surface area contributed by atoms with E-state index in [1.807, 2.05) is 55.5 Å². The van der Waals surface area contributed by atoms with Gasteiger partial charge in [0.2, 0.25) is 0 Å². The summed E-state index contributed by atoms with van der Waals surface area (Å²) in [7, 11) is 1.56. The number of rotatable bonds is 5. The van der Waals surface area contributed by atoms with Crippen LogP contribution in [0.3, 0.4) is 0 Å². The van der Waals surface area contributed by atoms with Crippen molar-refractivity contribution in [1.29, 1.82) is 0 Å². The molecule has 5 heteroatoms. The predicted octanol–water partition coefficient (Wildman–Crippen LogP) is 4.40. The van der Waals surface area contributed by atoms with E-state index in [0.29, 0.717) is 28.3 Å². The maximum Gasteiger partial charge on any atom is 0.282 e. The fraction of sp³-hybridized carbons (Fsp3) is 0.0833. The second kappa shape index (κ2) is 7.64.